The van der Waals surface area contributed by atoms with Crippen LogP contribution in [0.1, 0.15) is 41.4 Å². The lowest BCUT2D eigenvalue weighted by Gasteiger charge is -2.06. The number of carboxylic acids is 1. The van der Waals surface area contributed by atoms with E-state index in [1.54, 1.807) is 0 Å². The van der Waals surface area contributed by atoms with Crippen LogP contribution in [-0.2, 0) is 10.0 Å². The van der Waals surface area contributed by atoms with Crippen molar-refractivity contribution in [3.8, 4) is 0 Å². The zero-order valence-electron chi connectivity index (χ0n) is 9.85. The van der Waals surface area contributed by atoms with Gasteiger partial charge in [0.25, 0.3) is 0 Å². The summed E-state index contributed by atoms with van der Waals surface area (Å²) in [4.78, 5) is 11.2. The fourth-order valence-corrected chi connectivity index (χ4v) is 3.64. The Kier molecular flexibility index (Phi) is 4.29. The third kappa shape index (κ3) is 2.85. The Bertz CT molecular complexity index is 518. The van der Waals surface area contributed by atoms with Crippen LogP contribution < -0.4 is 4.72 Å². The largest absolute Gasteiger partial charge is 0.477 e. The monoisotopic (exact) mass is 277 g/mol. The minimum absolute atomic E-state index is 0.0261. The van der Waals surface area contributed by atoms with Gasteiger partial charge in [-0.3, -0.25) is 0 Å². The van der Waals surface area contributed by atoms with Gasteiger partial charge in [-0.05, 0) is 31.0 Å². The average molecular weight is 277 g/mol. The van der Waals surface area contributed by atoms with Crippen LogP contribution in [0.3, 0.4) is 0 Å². The number of carbonyl (C=O) groups is 1. The second-order valence-electron chi connectivity index (χ2n) is 3.67. The summed E-state index contributed by atoms with van der Waals surface area (Å²) < 4.78 is 25.4. The van der Waals surface area contributed by atoms with Crippen molar-refractivity contribution in [1.82, 2.24) is 4.72 Å². The number of rotatable bonds is 5. The number of aromatic carboxylic acids is 1. The number of hydrogen-bond acceptors (Lipinski definition) is 4. The summed E-state index contributed by atoms with van der Waals surface area (Å²) in [6.07, 6.45) is 0.760. The van der Waals surface area contributed by atoms with E-state index in [1.165, 1.54) is 13.1 Å². The molecule has 1 aromatic heterocycles. The van der Waals surface area contributed by atoms with E-state index >= 15 is 0 Å². The summed E-state index contributed by atoms with van der Waals surface area (Å²) in [5, 5.41) is 9.06. The van der Waals surface area contributed by atoms with Crippen LogP contribution in [0.15, 0.2) is 10.3 Å². The molecular formula is C10H15NO4S2. The first-order valence-corrected chi connectivity index (χ1v) is 7.44. The van der Waals surface area contributed by atoms with Crippen LogP contribution in [-0.4, -0.2) is 26.5 Å². The Balaban J connectivity index is 3.37. The van der Waals surface area contributed by atoms with Gasteiger partial charge >= 0.3 is 5.97 Å². The molecule has 1 unspecified atom stereocenters. The molecular weight excluding hydrogens is 262 g/mol. The van der Waals surface area contributed by atoms with E-state index in [0.29, 0.717) is 5.56 Å². The van der Waals surface area contributed by atoms with Gasteiger partial charge in [-0.25, -0.2) is 17.9 Å². The molecule has 1 atom stereocenters. The highest BCUT2D eigenvalue weighted by Crippen LogP contribution is 2.32. The standard InChI is InChI=1S/C10H15NO4S2/c1-4-6(2)7-5-8(17(14,15)11-3)16-9(7)10(12)13/h5-6,11H,4H2,1-3H3,(H,12,13). The van der Waals surface area contributed by atoms with Crippen LogP contribution in [0.5, 0.6) is 0 Å². The van der Waals surface area contributed by atoms with Gasteiger partial charge in [-0.1, -0.05) is 13.8 Å². The molecule has 0 fully saturated rings. The predicted molar refractivity (Wildman–Crippen MR) is 66.2 cm³/mol. The molecule has 0 radical (unpaired) electrons. The number of nitrogens with one attached hydrogen (secondary N) is 1. The maximum Gasteiger partial charge on any atom is 0.346 e. The van der Waals surface area contributed by atoms with Crippen molar-refractivity contribution in [2.24, 2.45) is 0 Å². The van der Waals surface area contributed by atoms with E-state index in [0.717, 1.165) is 17.8 Å². The first kappa shape index (κ1) is 14.1. The van der Waals surface area contributed by atoms with Crippen LogP contribution >= 0.6 is 11.3 Å². The first-order chi connectivity index (χ1) is 7.83. The minimum Gasteiger partial charge on any atom is -0.477 e. The van der Waals surface area contributed by atoms with Gasteiger partial charge in [-0.2, -0.15) is 0 Å². The van der Waals surface area contributed by atoms with E-state index in [9.17, 15) is 13.2 Å². The predicted octanol–water partition coefficient (Wildman–Crippen LogP) is 1.87. The summed E-state index contributed by atoms with van der Waals surface area (Å²) >= 11 is 0.793. The number of carboxylic acid groups (broad SMARTS) is 1. The molecule has 5 nitrogen and oxygen atoms in total. The van der Waals surface area contributed by atoms with E-state index in [1.807, 2.05) is 13.8 Å². The topological polar surface area (TPSA) is 83.5 Å². The number of thiophene rings is 1. The van der Waals surface area contributed by atoms with Crippen molar-refractivity contribution in [2.45, 2.75) is 30.4 Å². The Hall–Kier alpha value is -0.920. The lowest BCUT2D eigenvalue weighted by molar-refractivity contribution is 0.0700. The zero-order chi connectivity index (χ0) is 13.2. The molecule has 0 aromatic carbocycles. The molecule has 1 rings (SSSR count). The average Bonchev–Trinajstić information content (AvgIpc) is 2.73. The van der Waals surface area contributed by atoms with Crippen LogP contribution in [0.4, 0.5) is 0 Å². The molecule has 1 heterocycles. The molecule has 1 aromatic rings. The summed E-state index contributed by atoms with van der Waals surface area (Å²) in [5.41, 5.74) is 0.582. The smallest absolute Gasteiger partial charge is 0.346 e. The third-order valence-electron chi connectivity index (χ3n) is 2.61. The van der Waals surface area contributed by atoms with Crippen molar-refractivity contribution in [1.29, 1.82) is 0 Å². The van der Waals surface area contributed by atoms with E-state index in [4.69, 9.17) is 5.11 Å². The highest BCUT2D eigenvalue weighted by atomic mass is 32.2. The maximum absolute atomic E-state index is 11.6. The van der Waals surface area contributed by atoms with Gasteiger partial charge in [-0.15, -0.1) is 11.3 Å². The fourth-order valence-electron chi connectivity index (χ4n) is 1.37. The Labute approximate surface area is 105 Å². The van der Waals surface area contributed by atoms with Crippen molar-refractivity contribution in [3.05, 3.63) is 16.5 Å². The second kappa shape index (κ2) is 5.16. The Morgan fingerprint density at radius 2 is 2.18 bits per heavy atom. The van der Waals surface area contributed by atoms with Gasteiger partial charge in [0.2, 0.25) is 10.0 Å². The Morgan fingerprint density at radius 1 is 1.59 bits per heavy atom. The fraction of sp³-hybridized carbons (Fsp3) is 0.500. The molecule has 0 spiro atoms. The van der Waals surface area contributed by atoms with E-state index < -0.39 is 16.0 Å². The summed E-state index contributed by atoms with van der Waals surface area (Å²) in [6.45, 7) is 3.81. The van der Waals surface area contributed by atoms with Gasteiger partial charge in [0.05, 0.1) is 0 Å². The second-order valence-corrected chi connectivity index (χ2v) is 6.84. The molecule has 96 valence electrons. The summed E-state index contributed by atoms with van der Waals surface area (Å²) in [7, 11) is -2.27. The molecule has 17 heavy (non-hydrogen) atoms. The molecule has 0 saturated heterocycles. The van der Waals surface area contributed by atoms with Crippen molar-refractivity contribution < 1.29 is 18.3 Å². The molecule has 0 saturated carbocycles. The Morgan fingerprint density at radius 3 is 2.59 bits per heavy atom. The lowest BCUT2D eigenvalue weighted by Crippen LogP contribution is -2.17. The van der Waals surface area contributed by atoms with E-state index in [2.05, 4.69) is 4.72 Å². The zero-order valence-corrected chi connectivity index (χ0v) is 11.5. The van der Waals surface area contributed by atoms with E-state index in [-0.39, 0.29) is 15.0 Å². The molecule has 0 aliphatic carbocycles. The van der Waals surface area contributed by atoms with Gasteiger partial charge in [0, 0.05) is 0 Å². The molecule has 0 amide bonds. The van der Waals surface area contributed by atoms with Crippen molar-refractivity contribution in [3.63, 3.8) is 0 Å². The van der Waals surface area contributed by atoms with Crippen LogP contribution in [0, 0.1) is 0 Å². The molecule has 7 heteroatoms. The van der Waals surface area contributed by atoms with Crippen molar-refractivity contribution in [2.75, 3.05) is 7.05 Å². The molecule has 0 aliphatic heterocycles. The maximum atomic E-state index is 11.6. The first-order valence-electron chi connectivity index (χ1n) is 5.14. The van der Waals surface area contributed by atoms with Gasteiger partial charge in [0.15, 0.2) is 0 Å². The molecule has 0 bridgehead atoms. The number of hydrogen-bond donors (Lipinski definition) is 2. The van der Waals surface area contributed by atoms with Gasteiger partial charge < -0.3 is 5.11 Å². The normalized spacial score (nSPS) is 13.6. The molecule has 0 aliphatic rings. The summed E-state index contributed by atoms with van der Waals surface area (Å²) in [5.74, 6) is -1.05. The third-order valence-corrected chi connectivity index (χ3v) is 5.64. The number of sulfonamides is 1. The van der Waals surface area contributed by atoms with Crippen LogP contribution in [0.2, 0.25) is 0 Å². The quantitative estimate of drug-likeness (QED) is 0.860. The van der Waals surface area contributed by atoms with Gasteiger partial charge in [0.1, 0.15) is 9.09 Å². The van der Waals surface area contributed by atoms with Crippen molar-refractivity contribution >= 4 is 27.3 Å². The summed E-state index contributed by atoms with van der Waals surface area (Å²) in [6, 6.07) is 1.45. The minimum atomic E-state index is -3.57. The van der Waals surface area contributed by atoms with Crippen LogP contribution in [0.25, 0.3) is 0 Å². The lowest BCUT2D eigenvalue weighted by atomic mass is 9.99. The highest BCUT2D eigenvalue weighted by Gasteiger charge is 2.24. The molecule has 2 N–H and O–H groups in total. The highest BCUT2D eigenvalue weighted by molar-refractivity contribution is 7.91. The SMILES string of the molecule is CCC(C)c1cc(S(=O)(=O)NC)sc1C(=O)O.